The van der Waals surface area contributed by atoms with Crippen molar-refractivity contribution < 1.29 is 50.0 Å². The zero-order valence-electron chi connectivity index (χ0n) is 38.5. The first-order valence-corrected chi connectivity index (χ1v) is 25.1. The second-order valence-electron chi connectivity index (χ2n) is 17.9. The van der Waals surface area contributed by atoms with Gasteiger partial charge in [-0.05, 0) is 38.5 Å². The van der Waals surface area contributed by atoms with E-state index in [2.05, 4.69) is 31.3 Å². The Kier molecular flexibility index (Phi) is 37.4. The van der Waals surface area contributed by atoms with Crippen LogP contribution in [0.25, 0.3) is 0 Å². The summed E-state index contributed by atoms with van der Waals surface area (Å²) in [5, 5.41) is 75.8. The minimum absolute atomic E-state index is 0.255. The molecule has 0 aromatic rings. The summed E-state index contributed by atoms with van der Waals surface area (Å²) in [6.45, 7) is 3.45. The molecule has 1 aliphatic heterocycles. The molecule has 1 heterocycles. The molecule has 11 nitrogen and oxygen atoms in total. The highest BCUT2D eigenvalue weighted by Gasteiger charge is 2.44. The Morgan fingerprint density at radius 2 is 0.967 bits per heavy atom. The molecular weight excluding hydrogens is 763 g/mol. The first-order valence-electron chi connectivity index (χ1n) is 25.1. The van der Waals surface area contributed by atoms with Crippen LogP contribution in [0.2, 0.25) is 0 Å². The van der Waals surface area contributed by atoms with Crippen molar-refractivity contribution in [3.63, 3.8) is 0 Å². The van der Waals surface area contributed by atoms with Crippen LogP contribution in [0, 0.1) is 0 Å². The van der Waals surface area contributed by atoms with E-state index in [1.807, 2.05) is 0 Å². The molecule has 0 aromatic heterocycles. The second kappa shape index (κ2) is 39.4. The Balaban J connectivity index is 2.40. The van der Waals surface area contributed by atoms with Crippen LogP contribution >= 0.6 is 0 Å². The summed E-state index contributed by atoms with van der Waals surface area (Å²) in [5.74, 6) is -0.700. The molecule has 0 spiro atoms. The molecule has 9 unspecified atom stereocenters. The van der Waals surface area contributed by atoms with Crippen molar-refractivity contribution in [2.24, 2.45) is 0 Å². The largest absolute Gasteiger partial charge is 0.394 e. The molecule has 60 heavy (non-hydrogen) atoms. The van der Waals surface area contributed by atoms with Crippen molar-refractivity contribution in [3.05, 3.63) is 12.2 Å². The Hall–Kier alpha value is -1.15. The van der Waals surface area contributed by atoms with E-state index < -0.39 is 74.2 Å². The van der Waals surface area contributed by atoms with Gasteiger partial charge in [0.15, 0.2) is 6.29 Å². The predicted molar refractivity (Wildman–Crippen MR) is 243 cm³/mol. The molecule has 0 bridgehead atoms. The van der Waals surface area contributed by atoms with Gasteiger partial charge in [0, 0.05) is 0 Å². The number of aliphatic hydroxyl groups is 7. The van der Waals surface area contributed by atoms with E-state index in [0.29, 0.717) is 19.3 Å². The van der Waals surface area contributed by atoms with Gasteiger partial charge in [-0.2, -0.15) is 0 Å². The van der Waals surface area contributed by atoms with Gasteiger partial charge in [0.1, 0.15) is 36.6 Å². The Morgan fingerprint density at radius 1 is 0.567 bits per heavy atom. The molecular formula is C49H95NO10. The number of ether oxygens (including phenoxy) is 2. The number of aliphatic hydroxyl groups excluding tert-OH is 7. The molecule has 0 aromatic carbocycles. The predicted octanol–water partition coefficient (Wildman–Crippen LogP) is 8.84. The number of hydrogen-bond donors (Lipinski definition) is 8. The summed E-state index contributed by atoms with van der Waals surface area (Å²) in [6, 6.07) is -1.17. The van der Waals surface area contributed by atoms with Gasteiger partial charge in [-0.1, -0.05) is 199 Å². The number of rotatable bonds is 42. The molecule has 356 valence electrons. The van der Waals surface area contributed by atoms with Crippen LogP contribution in [0.15, 0.2) is 12.2 Å². The fraction of sp³-hybridized carbons (Fsp3) is 0.939. The third kappa shape index (κ3) is 28.5. The number of unbranched alkanes of at least 4 members (excludes halogenated alkanes) is 28. The molecule has 1 rings (SSSR count). The van der Waals surface area contributed by atoms with Crippen molar-refractivity contribution in [3.8, 4) is 0 Å². The van der Waals surface area contributed by atoms with E-state index in [1.54, 1.807) is 0 Å². The lowest BCUT2D eigenvalue weighted by Gasteiger charge is -2.40. The number of carbonyl (C=O) groups is 1. The number of allylic oxidation sites excluding steroid dienone is 2. The summed E-state index contributed by atoms with van der Waals surface area (Å²) >= 11 is 0. The van der Waals surface area contributed by atoms with Gasteiger partial charge in [-0.25, -0.2) is 0 Å². The maximum Gasteiger partial charge on any atom is 0.249 e. The molecule has 1 fully saturated rings. The van der Waals surface area contributed by atoms with E-state index in [9.17, 15) is 40.5 Å². The van der Waals surface area contributed by atoms with Gasteiger partial charge in [-0.3, -0.25) is 4.79 Å². The van der Waals surface area contributed by atoms with Gasteiger partial charge >= 0.3 is 0 Å². The fourth-order valence-electron chi connectivity index (χ4n) is 8.14. The highest BCUT2D eigenvalue weighted by molar-refractivity contribution is 5.80. The minimum Gasteiger partial charge on any atom is -0.394 e. The molecule has 1 saturated heterocycles. The maximum absolute atomic E-state index is 13.1. The molecule has 8 N–H and O–H groups in total. The van der Waals surface area contributed by atoms with Crippen molar-refractivity contribution in [1.29, 1.82) is 0 Å². The van der Waals surface area contributed by atoms with Crippen molar-refractivity contribution in [1.82, 2.24) is 5.32 Å². The Labute approximate surface area is 366 Å². The van der Waals surface area contributed by atoms with Crippen molar-refractivity contribution in [2.75, 3.05) is 13.2 Å². The summed E-state index contributed by atoms with van der Waals surface area (Å²) in [5.41, 5.74) is 0. The number of amides is 1. The molecule has 11 heteroatoms. The number of nitrogens with one attached hydrogen (secondary N) is 1. The van der Waals surface area contributed by atoms with E-state index >= 15 is 0 Å². The Morgan fingerprint density at radius 3 is 1.40 bits per heavy atom. The van der Waals surface area contributed by atoms with Gasteiger partial charge < -0.3 is 50.5 Å². The SMILES string of the molecule is CCCCCCCCCCC/C=C\CCCCCCCCC(O)C(=O)NC(COC1OC(CO)C(O)C(O)C1O)C(O)C(O)CCCCCCCCCCCCCCCC. The van der Waals surface area contributed by atoms with Gasteiger partial charge in [0.05, 0.1) is 25.4 Å². The van der Waals surface area contributed by atoms with E-state index in [0.717, 1.165) is 51.4 Å². The monoisotopic (exact) mass is 858 g/mol. The third-order valence-corrected chi connectivity index (χ3v) is 12.3. The van der Waals surface area contributed by atoms with Gasteiger partial charge in [0.25, 0.3) is 0 Å². The first-order chi connectivity index (χ1) is 29.2. The second-order valence-corrected chi connectivity index (χ2v) is 17.9. The van der Waals surface area contributed by atoms with Crippen LogP contribution in [0.3, 0.4) is 0 Å². The van der Waals surface area contributed by atoms with E-state index in [-0.39, 0.29) is 6.42 Å². The fourth-order valence-corrected chi connectivity index (χ4v) is 8.14. The molecule has 9 atom stereocenters. The van der Waals surface area contributed by atoms with Gasteiger partial charge in [-0.15, -0.1) is 0 Å². The lowest BCUT2D eigenvalue weighted by molar-refractivity contribution is -0.303. The normalized spacial score (nSPS) is 21.6. The summed E-state index contributed by atoms with van der Waals surface area (Å²) in [4.78, 5) is 13.1. The zero-order chi connectivity index (χ0) is 44.1. The van der Waals surface area contributed by atoms with Crippen LogP contribution in [-0.2, 0) is 14.3 Å². The molecule has 0 saturated carbocycles. The quantitative estimate of drug-likeness (QED) is 0.0218. The zero-order valence-corrected chi connectivity index (χ0v) is 38.5. The van der Waals surface area contributed by atoms with Crippen LogP contribution in [0.5, 0.6) is 0 Å². The standard InChI is InChI=1S/C49H95NO10/c1-3-5-7-9-11-13-15-17-19-20-21-22-23-25-27-29-31-33-35-37-42(53)48(58)50-40(39-59-49-47(57)46(56)45(55)43(38-51)60-49)44(54)41(52)36-34-32-30-28-26-24-18-16-14-12-10-8-6-4-2/h21-22,40-47,49,51-57H,3-20,23-39H2,1-2H3,(H,50,58)/b22-21-. The van der Waals surface area contributed by atoms with E-state index in [1.165, 1.54) is 135 Å². The first kappa shape index (κ1) is 56.9. The van der Waals surface area contributed by atoms with Crippen LogP contribution in [0.1, 0.15) is 226 Å². The molecule has 1 amide bonds. The number of carbonyl (C=O) groups excluding carboxylic acids is 1. The highest BCUT2D eigenvalue weighted by atomic mass is 16.7. The summed E-state index contributed by atoms with van der Waals surface area (Å²) in [6.07, 6.45) is 31.1. The van der Waals surface area contributed by atoms with Crippen LogP contribution < -0.4 is 5.32 Å². The lowest BCUT2D eigenvalue weighted by Crippen LogP contribution is -2.60. The highest BCUT2D eigenvalue weighted by Crippen LogP contribution is 2.23. The lowest BCUT2D eigenvalue weighted by atomic mass is 9.98. The minimum atomic E-state index is -1.66. The van der Waals surface area contributed by atoms with Crippen LogP contribution in [0.4, 0.5) is 0 Å². The van der Waals surface area contributed by atoms with Crippen molar-refractivity contribution in [2.45, 2.75) is 281 Å². The van der Waals surface area contributed by atoms with Crippen molar-refractivity contribution >= 4 is 5.91 Å². The molecule has 0 aliphatic carbocycles. The average Bonchev–Trinajstić information content (AvgIpc) is 3.25. The maximum atomic E-state index is 13.1. The smallest absolute Gasteiger partial charge is 0.249 e. The topological polar surface area (TPSA) is 189 Å². The summed E-state index contributed by atoms with van der Waals surface area (Å²) < 4.78 is 11.1. The van der Waals surface area contributed by atoms with Gasteiger partial charge in [0.2, 0.25) is 5.91 Å². The van der Waals surface area contributed by atoms with Crippen LogP contribution in [-0.4, -0.2) is 110 Å². The molecule has 0 radical (unpaired) electrons. The van der Waals surface area contributed by atoms with E-state index in [4.69, 9.17) is 9.47 Å². The third-order valence-electron chi connectivity index (χ3n) is 12.3. The number of hydrogen-bond acceptors (Lipinski definition) is 10. The molecule has 1 aliphatic rings. The summed E-state index contributed by atoms with van der Waals surface area (Å²) in [7, 11) is 0. The Bertz CT molecular complexity index is 986. The average molecular weight is 858 g/mol.